The smallest absolute Gasteiger partial charge is 0.235 e. The van der Waals surface area contributed by atoms with E-state index in [1.807, 2.05) is 67.6 Å². The maximum absolute atomic E-state index is 13.3. The first-order valence-electron chi connectivity index (χ1n) is 10.4. The molecule has 0 aromatic heterocycles. The molecule has 0 spiro atoms. The van der Waals surface area contributed by atoms with Crippen molar-refractivity contribution in [1.29, 1.82) is 5.26 Å². The number of amides is 1. The van der Waals surface area contributed by atoms with Gasteiger partial charge < -0.3 is 14.8 Å². The van der Waals surface area contributed by atoms with Crippen molar-refractivity contribution in [3.8, 4) is 28.7 Å². The minimum Gasteiger partial charge on any atom is -0.454 e. The predicted molar refractivity (Wildman–Crippen MR) is 118 cm³/mol. The summed E-state index contributed by atoms with van der Waals surface area (Å²) in [5, 5.41) is 12.3. The lowest BCUT2D eigenvalue weighted by Crippen LogP contribution is -2.27. The zero-order valence-electron chi connectivity index (χ0n) is 17.3. The topological polar surface area (TPSA) is 71.3 Å². The summed E-state index contributed by atoms with van der Waals surface area (Å²) < 4.78 is 10.9. The number of anilines is 1. The van der Waals surface area contributed by atoms with E-state index >= 15 is 0 Å². The third-order valence-corrected chi connectivity index (χ3v) is 6.18. The van der Waals surface area contributed by atoms with Crippen molar-refractivity contribution < 1.29 is 14.3 Å². The summed E-state index contributed by atoms with van der Waals surface area (Å²) >= 11 is 0. The summed E-state index contributed by atoms with van der Waals surface area (Å²) in [6.45, 7) is 2.26. The Morgan fingerprint density at radius 1 is 1.03 bits per heavy atom. The number of carbonyl (C=O) groups is 1. The van der Waals surface area contributed by atoms with Crippen LogP contribution >= 0.6 is 0 Å². The van der Waals surface area contributed by atoms with Gasteiger partial charge in [0, 0.05) is 5.69 Å². The monoisotopic (exact) mass is 410 g/mol. The van der Waals surface area contributed by atoms with Crippen LogP contribution < -0.4 is 14.8 Å². The van der Waals surface area contributed by atoms with E-state index in [4.69, 9.17) is 9.47 Å². The van der Waals surface area contributed by atoms with Gasteiger partial charge in [-0.2, -0.15) is 5.26 Å². The summed E-state index contributed by atoms with van der Waals surface area (Å²) in [7, 11) is 0. The van der Waals surface area contributed by atoms with Gasteiger partial charge in [0.2, 0.25) is 12.7 Å². The van der Waals surface area contributed by atoms with Crippen LogP contribution in [-0.4, -0.2) is 12.7 Å². The van der Waals surface area contributed by atoms with Gasteiger partial charge in [-0.3, -0.25) is 4.79 Å². The highest BCUT2D eigenvalue weighted by atomic mass is 16.7. The normalized spacial score (nSPS) is 15.2. The van der Waals surface area contributed by atoms with Gasteiger partial charge in [0.15, 0.2) is 11.5 Å². The number of aryl methyl sites for hydroxylation is 1. The molecule has 0 bridgehead atoms. The lowest BCUT2D eigenvalue weighted by molar-refractivity contribution is -0.118. The summed E-state index contributed by atoms with van der Waals surface area (Å²) in [6, 6.07) is 21.8. The van der Waals surface area contributed by atoms with Gasteiger partial charge in [-0.1, -0.05) is 36.4 Å². The first-order valence-corrected chi connectivity index (χ1v) is 10.4. The fourth-order valence-electron chi connectivity index (χ4n) is 4.23. The van der Waals surface area contributed by atoms with E-state index in [1.54, 1.807) is 0 Å². The molecule has 31 heavy (non-hydrogen) atoms. The zero-order chi connectivity index (χ0) is 21.4. The number of ether oxygens (including phenoxy) is 2. The number of benzene rings is 3. The second-order valence-electron chi connectivity index (χ2n) is 8.13. The highest BCUT2D eigenvalue weighted by molar-refractivity contribution is 6.02. The maximum atomic E-state index is 13.3. The molecule has 1 fully saturated rings. The molecular formula is C26H22N2O3. The van der Waals surface area contributed by atoms with Crippen LogP contribution in [0.25, 0.3) is 11.1 Å². The Kier molecular flexibility index (Phi) is 4.63. The SMILES string of the molecule is Cc1ccc(NC(=O)C2(c3ccc4c(c3)OCO4)CC2)cc1-c1ccccc1CC#N. The first kappa shape index (κ1) is 19.2. The van der Waals surface area contributed by atoms with Gasteiger partial charge in [-0.15, -0.1) is 0 Å². The zero-order valence-corrected chi connectivity index (χ0v) is 17.3. The first-order chi connectivity index (χ1) is 15.1. The molecule has 1 amide bonds. The highest BCUT2D eigenvalue weighted by Crippen LogP contribution is 2.51. The van der Waals surface area contributed by atoms with Gasteiger partial charge >= 0.3 is 0 Å². The van der Waals surface area contributed by atoms with Crippen molar-refractivity contribution in [2.45, 2.75) is 31.6 Å². The van der Waals surface area contributed by atoms with Crippen LogP contribution in [0.15, 0.2) is 60.7 Å². The predicted octanol–water partition coefficient (Wildman–Crippen LogP) is 5.13. The second kappa shape index (κ2) is 7.48. The van der Waals surface area contributed by atoms with Crippen molar-refractivity contribution in [2.75, 3.05) is 12.1 Å². The van der Waals surface area contributed by atoms with E-state index in [9.17, 15) is 10.1 Å². The largest absolute Gasteiger partial charge is 0.454 e. The van der Waals surface area contributed by atoms with Gasteiger partial charge in [0.05, 0.1) is 17.9 Å². The lowest BCUT2D eigenvalue weighted by Gasteiger charge is -2.18. The van der Waals surface area contributed by atoms with E-state index in [0.29, 0.717) is 12.2 Å². The van der Waals surface area contributed by atoms with E-state index in [1.165, 1.54) is 0 Å². The molecule has 0 atom stereocenters. The Balaban J connectivity index is 1.43. The Labute approximate surface area is 181 Å². The number of rotatable bonds is 5. The van der Waals surface area contributed by atoms with Gasteiger partial charge in [-0.05, 0) is 71.8 Å². The number of hydrogen-bond donors (Lipinski definition) is 1. The Morgan fingerprint density at radius 2 is 1.84 bits per heavy atom. The molecule has 1 aliphatic heterocycles. The van der Waals surface area contributed by atoms with E-state index in [-0.39, 0.29) is 12.7 Å². The Bertz CT molecular complexity index is 1220. The Morgan fingerprint density at radius 3 is 2.65 bits per heavy atom. The van der Waals surface area contributed by atoms with Crippen LogP contribution in [0.2, 0.25) is 0 Å². The number of nitriles is 1. The Hall–Kier alpha value is -3.78. The molecule has 0 unspecified atom stereocenters. The second-order valence-corrected chi connectivity index (χ2v) is 8.13. The molecule has 1 aliphatic carbocycles. The molecule has 1 heterocycles. The average molecular weight is 410 g/mol. The van der Waals surface area contributed by atoms with Gasteiger partial charge in [-0.25, -0.2) is 0 Å². The van der Waals surface area contributed by atoms with E-state index in [2.05, 4.69) is 11.4 Å². The molecule has 1 saturated carbocycles. The fraction of sp³-hybridized carbons (Fsp3) is 0.231. The van der Waals surface area contributed by atoms with Crippen LogP contribution in [0.4, 0.5) is 5.69 Å². The molecule has 0 saturated heterocycles. The van der Waals surface area contributed by atoms with Gasteiger partial charge in [0.1, 0.15) is 0 Å². The number of hydrogen-bond acceptors (Lipinski definition) is 4. The fourth-order valence-corrected chi connectivity index (χ4v) is 4.23. The lowest BCUT2D eigenvalue weighted by atomic mass is 9.93. The molecule has 5 rings (SSSR count). The van der Waals surface area contributed by atoms with Crippen LogP contribution in [0.1, 0.15) is 29.5 Å². The van der Waals surface area contributed by atoms with Crippen molar-refractivity contribution in [1.82, 2.24) is 0 Å². The van der Waals surface area contributed by atoms with E-state index in [0.717, 1.165) is 52.1 Å². The minimum absolute atomic E-state index is 0.00789. The summed E-state index contributed by atoms with van der Waals surface area (Å²) in [5.41, 5.74) is 5.32. The molecule has 3 aromatic carbocycles. The average Bonchev–Trinajstić information content (AvgIpc) is 3.47. The molecule has 1 N–H and O–H groups in total. The summed E-state index contributed by atoms with van der Waals surface area (Å²) in [6.07, 6.45) is 1.96. The molecule has 154 valence electrons. The molecular weight excluding hydrogens is 388 g/mol. The molecule has 2 aliphatic rings. The third-order valence-electron chi connectivity index (χ3n) is 6.18. The van der Waals surface area contributed by atoms with Crippen molar-refractivity contribution in [3.63, 3.8) is 0 Å². The number of carbonyl (C=O) groups excluding carboxylic acids is 1. The highest BCUT2D eigenvalue weighted by Gasteiger charge is 2.51. The quantitative estimate of drug-likeness (QED) is 0.633. The van der Waals surface area contributed by atoms with Crippen molar-refractivity contribution in [3.05, 3.63) is 77.4 Å². The van der Waals surface area contributed by atoms with E-state index < -0.39 is 5.41 Å². The van der Waals surface area contributed by atoms with Crippen LogP contribution in [0, 0.1) is 18.3 Å². The van der Waals surface area contributed by atoms with Crippen LogP contribution in [0.3, 0.4) is 0 Å². The van der Waals surface area contributed by atoms with Crippen LogP contribution in [0.5, 0.6) is 11.5 Å². The molecule has 0 radical (unpaired) electrons. The number of fused-ring (bicyclic) bond motifs is 1. The number of nitrogens with one attached hydrogen (secondary N) is 1. The van der Waals surface area contributed by atoms with Crippen LogP contribution in [-0.2, 0) is 16.6 Å². The molecule has 3 aromatic rings. The maximum Gasteiger partial charge on any atom is 0.235 e. The van der Waals surface area contributed by atoms with Gasteiger partial charge in [0.25, 0.3) is 0 Å². The molecule has 5 heteroatoms. The molecule has 5 nitrogen and oxygen atoms in total. The summed E-state index contributed by atoms with van der Waals surface area (Å²) in [4.78, 5) is 13.3. The van der Waals surface area contributed by atoms with Crippen molar-refractivity contribution in [2.24, 2.45) is 0 Å². The third kappa shape index (κ3) is 3.40. The standard InChI is InChI=1S/C26H22N2O3/c1-17-6-8-20(15-22(17)21-5-3-2-4-18(21)10-13-27)28-25(29)26(11-12-26)19-7-9-23-24(14-19)31-16-30-23/h2-9,14-15H,10-12,16H2,1H3,(H,28,29). The van der Waals surface area contributed by atoms with Crippen molar-refractivity contribution >= 4 is 11.6 Å². The minimum atomic E-state index is -0.523. The number of nitrogens with zero attached hydrogens (tertiary/aromatic N) is 1. The summed E-state index contributed by atoms with van der Waals surface area (Å²) in [5.74, 6) is 1.41.